The van der Waals surface area contributed by atoms with Gasteiger partial charge in [-0.25, -0.2) is 8.78 Å². The summed E-state index contributed by atoms with van der Waals surface area (Å²) in [5.74, 6) is -2.44. The van der Waals surface area contributed by atoms with E-state index >= 15 is 0 Å². The van der Waals surface area contributed by atoms with Crippen molar-refractivity contribution in [2.45, 2.75) is 44.4 Å². The summed E-state index contributed by atoms with van der Waals surface area (Å²) < 4.78 is 39.6. The van der Waals surface area contributed by atoms with Crippen LogP contribution in [0.1, 0.15) is 36.5 Å². The fourth-order valence-corrected chi connectivity index (χ4v) is 4.32. The summed E-state index contributed by atoms with van der Waals surface area (Å²) in [6.45, 7) is 1.53. The summed E-state index contributed by atoms with van der Waals surface area (Å²) in [5.41, 5.74) is 0.336. The molecule has 2 aliphatic heterocycles. The SMILES string of the molecule is CC(=O)Nc1ccc2c(c1)C(=O)N(C)[C@H]1CC[C@H](CC(=O)Nc3c(F)cccc3F)O[C@@H]1CO2. The van der Waals surface area contributed by atoms with Crippen LogP contribution in [0.4, 0.5) is 20.2 Å². The molecule has 0 aliphatic carbocycles. The van der Waals surface area contributed by atoms with Crippen molar-refractivity contribution in [1.82, 2.24) is 4.90 Å². The topological polar surface area (TPSA) is 97.0 Å². The Morgan fingerprint density at radius 3 is 2.56 bits per heavy atom. The monoisotopic (exact) mass is 473 g/mol. The largest absolute Gasteiger partial charge is 0.490 e. The van der Waals surface area contributed by atoms with Crippen molar-refractivity contribution in [1.29, 1.82) is 0 Å². The molecule has 180 valence electrons. The van der Waals surface area contributed by atoms with Crippen molar-refractivity contribution in [3.63, 3.8) is 0 Å². The number of carbonyl (C=O) groups is 3. The highest BCUT2D eigenvalue weighted by Crippen LogP contribution is 2.32. The molecule has 8 nitrogen and oxygen atoms in total. The number of hydrogen-bond acceptors (Lipinski definition) is 5. The Balaban J connectivity index is 1.44. The van der Waals surface area contributed by atoms with Gasteiger partial charge in [0.25, 0.3) is 5.91 Å². The maximum absolute atomic E-state index is 13.8. The minimum absolute atomic E-state index is 0.0919. The highest BCUT2D eigenvalue weighted by atomic mass is 19.1. The van der Waals surface area contributed by atoms with E-state index in [-0.39, 0.29) is 30.9 Å². The molecular weight excluding hydrogens is 448 g/mol. The lowest BCUT2D eigenvalue weighted by molar-refractivity contribution is -0.130. The zero-order valence-electron chi connectivity index (χ0n) is 18.8. The second kappa shape index (κ2) is 9.76. The predicted octanol–water partition coefficient (Wildman–Crippen LogP) is 3.33. The van der Waals surface area contributed by atoms with E-state index in [0.29, 0.717) is 29.8 Å². The van der Waals surface area contributed by atoms with Crippen molar-refractivity contribution in [2.24, 2.45) is 0 Å². The van der Waals surface area contributed by atoms with E-state index in [2.05, 4.69) is 10.6 Å². The van der Waals surface area contributed by atoms with Gasteiger partial charge in [0.1, 0.15) is 35.8 Å². The number of para-hydroxylation sites is 1. The highest BCUT2D eigenvalue weighted by molar-refractivity contribution is 5.99. The number of benzene rings is 2. The highest BCUT2D eigenvalue weighted by Gasteiger charge is 2.39. The number of halogens is 2. The van der Waals surface area contributed by atoms with E-state index < -0.39 is 35.4 Å². The Kier molecular flexibility index (Phi) is 6.78. The van der Waals surface area contributed by atoms with Crippen molar-refractivity contribution < 1.29 is 32.6 Å². The third kappa shape index (κ3) is 5.01. The first-order valence-electron chi connectivity index (χ1n) is 10.9. The first kappa shape index (κ1) is 23.6. The van der Waals surface area contributed by atoms with Gasteiger partial charge in [-0.3, -0.25) is 14.4 Å². The van der Waals surface area contributed by atoms with Crippen LogP contribution in [0, 0.1) is 11.6 Å². The third-order valence-electron chi connectivity index (χ3n) is 5.97. The van der Waals surface area contributed by atoms with Gasteiger partial charge in [0.2, 0.25) is 11.8 Å². The molecule has 2 aliphatic rings. The average Bonchev–Trinajstić information content (AvgIpc) is 2.79. The molecule has 0 bridgehead atoms. The van der Waals surface area contributed by atoms with E-state index in [0.717, 1.165) is 12.1 Å². The maximum Gasteiger partial charge on any atom is 0.257 e. The molecule has 1 saturated heterocycles. The number of hydrogen-bond donors (Lipinski definition) is 2. The van der Waals surface area contributed by atoms with Crippen LogP contribution in [-0.2, 0) is 14.3 Å². The summed E-state index contributed by atoms with van der Waals surface area (Å²) in [5, 5.41) is 4.93. The van der Waals surface area contributed by atoms with Gasteiger partial charge in [0.05, 0.1) is 24.1 Å². The van der Waals surface area contributed by atoms with Gasteiger partial charge in [0.15, 0.2) is 0 Å². The summed E-state index contributed by atoms with van der Waals surface area (Å²) in [4.78, 5) is 38.5. The van der Waals surface area contributed by atoms with Crippen molar-refractivity contribution in [2.75, 3.05) is 24.3 Å². The molecule has 2 N–H and O–H groups in total. The van der Waals surface area contributed by atoms with E-state index in [1.807, 2.05) is 0 Å². The first-order valence-corrected chi connectivity index (χ1v) is 10.9. The van der Waals surface area contributed by atoms with Crippen LogP contribution >= 0.6 is 0 Å². The van der Waals surface area contributed by atoms with Crippen LogP contribution in [0.25, 0.3) is 0 Å². The smallest absolute Gasteiger partial charge is 0.257 e. The Morgan fingerprint density at radius 2 is 1.85 bits per heavy atom. The number of rotatable bonds is 4. The molecule has 0 spiro atoms. The molecule has 0 radical (unpaired) electrons. The van der Waals surface area contributed by atoms with Crippen molar-refractivity contribution >= 4 is 29.1 Å². The molecule has 1 fully saturated rings. The molecule has 34 heavy (non-hydrogen) atoms. The molecular formula is C24H25F2N3O5. The fraction of sp³-hybridized carbons (Fsp3) is 0.375. The number of nitrogens with one attached hydrogen (secondary N) is 2. The Hall–Kier alpha value is -3.53. The number of fused-ring (bicyclic) bond motifs is 2. The van der Waals surface area contributed by atoms with Crippen molar-refractivity contribution in [3.8, 4) is 5.75 Å². The van der Waals surface area contributed by atoms with Crippen molar-refractivity contribution in [3.05, 3.63) is 53.6 Å². The number of carbonyl (C=O) groups excluding carboxylic acids is 3. The Labute approximate surface area is 195 Å². The molecule has 2 aromatic rings. The number of amides is 3. The van der Waals surface area contributed by atoms with Gasteiger partial charge in [-0.15, -0.1) is 0 Å². The van der Waals surface area contributed by atoms with Gasteiger partial charge in [-0.2, -0.15) is 0 Å². The molecule has 2 aromatic carbocycles. The Bertz CT molecular complexity index is 1110. The zero-order valence-corrected chi connectivity index (χ0v) is 18.8. The standard InChI is InChI=1S/C24H25F2N3O5/c1-13(30)27-14-6-9-20-16(10-14)24(32)29(2)19-8-7-15(34-21(19)12-33-20)11-22(31)28-23-17(25)4-3-5-18(23)26/h3-6,9-10,15,19,21H,7-8,11-12H2,1-2H3,(H,27,30)(H,28,31)/t15-,19+,21-/m1/s1. The molecule has 0 saturated carbocycles. The van der Waals surface area contributed by atoms with E-state index in [1.54, 1.807) is 30.1 Å². The van der Waals surface area contributed by atoms with Gasteiger partial charge in [-0.05, 0) is 43.2 Å². The lowest BCUT2D eigenvalue weighted by Gasteiger charge is -2.42. The van der Waals surface area contributed by atoms with Crippen LogP contribution < -0.4 is 15.4 Å². The van der Waals surface area contributed by atoms with Crippen LogP contribution in [0.2, 0.25) is 0 Å². The molecule has 0 aromatic heterocycles. The summed E-state index contributed by atoms with van der Waals surface area (Å²) in [6.07, 6.45) is -0.0444. The van der Waals surface area contributed by atoms with Gasteiger partial charge >= 0.3 is 0 Å². The molecule has 10 heteroatoms. The summed E-state index contributed by atoms with van der Waals surface area (Å²) >= 11 is 0. The molecule has 4 rings (SSSR count). The van der Waals surface area contributed by atoms with E-state index in [9.17, 15) is 23.2 Å². The van der Waals surface area contributed by atoms with Gasteiger partial charge < -0.3 is 25.0 Å². The minimum atomic E-state index is -0.855. The van der Waals surface area contributed by atoms with E-state index in [4.69, 9.17) is 9.47 Å². The van der Waals surface area contributed by atoms with Crippen LogP contribution in [-0.4, -0.2) is 54.5 Å². The third-order valence-corrected chi connectivity index (χ3v) is 5.97. The fourth-order valence-electron chi connectivity index (χ4n) is 4.32. The number of anilines is 2. The molecule has 2 heterocycles. The number of ether oxygens (including phenoxy) is 2. The van der Waals surface area contributed by atoms with Gasteiger partial charge in [0, 0.05) is 19.7 Å². The van der Waals surface area contributed by atoms with Crippen LogP contribution in [0.15, 0.2) is 36.4 Å². The molecule has 3 amide bonds. The minimum Gasteiger partial charge on any atom is -0.490 e. The van der Waals surface area contributed by atoms with Gasteiger partial charge in [-0.1, -0.05) is 6.07 Å². The zero-order chi connectivity index (χ0) is 24.4. The summed E-state index contributed by atoms with van der Waals surface area (Å²) in [6, 6.07) is 7.90. The Morgan fingerprint density at radius 1 is 1.12 bits per heavy atom. The lowest BCUT2D eigenvalue weighted by Crippen LogP contribution is -2.53. The summed E-state index contributed by atoms with van der Waals surface area (Å²) in [7, 11) is 1.68. The normalized spacial score (nSPS) is 21.9. The lowest BCUT2D eigenvalue weighted by atomic mass is 9.94. The molecule has 3 atom stereocenters. The second-order valence-corrected chi connectivity index (χ2v) is 8.41. The van der Waals surface area contributed by atoms with Crippen LogP contribution in [0.3, 0.4) is 0 Å². The quantitative estimate of drug-likeness (QED) is 0.710. The number of nitrogens with zero attached hydrogens (tertiary/aromatic N) is 1. The average molecular weight is 473 g/mol. The first-order chi connectivity index (χ1) is 16.2. The van der Waals surface area contributed by atoms with Crippen LogP contribution in [0.5, 0.6) is 5.75 Å². The number of likely N-dealkylation sites (N-methyl/N-ethyl adjacent to an activating group) is 1. The predicted molar refractivity (Wildman–Crippen MR) is 120 cm³/mol. The maximum atomic E-state index is 13.8. The second-order valence-electron chi connectivity index (χ2n) is 8.41. The van der Waals surface area contributed by atoms with E-state index in [1.165, 1.54) is 13.0 Å². The molecule has 0 unspecified atom stereocenters.